The van der Waals surface area contributed by atoms with E-state index in [1.807, 2.05) is 0 Å². The Morgan fingerprint density at radius 1 is 1.00 bits per heavy atom. The summed E-state index contributed by atoms with van der Waals surface area (Å²) in [6.45, 7) is 0. The van der Waals surface area contributed by atoms with Gasteiger partial charge in [0.25, 0.3) is 0 Å². The van der Waals surface area contributed by atoms with Crippen LogP contribution in [0.15, 0.2) is 12.2 Å². The van der Waals surface area contributed by atoms with E-state index < -0.39 is 11.9 Å². The fourth-order valence-corrected chi connectivity index (χ4v) is 1.08. The molecule has 0 aromatic carbocycles. The highest BCUT2D eigenvalue weighted by molar-refractivity contribution is 5.79. The van der Waals surface area contributed by atoms with Crippen LogP contribution < -0.4 is 0 Å². The third-order valence-corrected chi connectivity index (χ3v) is 1.77. The summed E-state index contributed by atoms with van der Waals surface area (Å²) in [5.41, 5.74) is 0. The smallest absolute Gasteiger partial charge is 0.327 e. The molecule has 0 bridgehead atoms. The van der Waals surface area contributed by atoms with Gasteiger partial charge in [-0.2, -0.15) is 0 Å². The fraction of sp³-hybridized carbons (Fsp3) is 0.600. The molecule has 0 spiro atoms. The lowest BCUT2D eigenvalue weighted by molar-refractivity contribution is -0.137. The lowest BCUT2D eigenvalue weighted by Gasteiger charge is -1.96. The molecule has 0 aromatic rings. The third-order valence-electron chi connectivity index (χ3n) is 1.77. The van der Waals surface area contributed by atoms with Crippen LogP contribution in [0.3, 0.4) is 0 Å². The highest BCUT2D eigenvalue weighted by Gasteiger charge is 1.95. The molecular weight excluding hydrogens is 184 g/mol. The third kappa shape index (κ3) is 10.7. The maximum absolute atomic E-state index is 10.1. The number of carbonyl (C=O) groups is 2. The van der Waals surface area contributed by atoms with Crippen molar-refractivity contribution in [3.8, 4) is 0 Å². The van der Waals surface area contributed by atoms with Gasteiger partial charge in [0.1, 0.15) is 0 Å². The van der Waals surface area contributed by atoms with E-state index in [4.69, 9.17) is 10.2 Å². The second-order valence-corrected chi connectivity index (χ2v) is 3.09. The predicted octanol–water partition coefficient (Wildman–Crippen LogP) is 2.05. The van der Waals surface area contributed by atoms with Crippen LogP contribution in [0.5, 0.6) is 0 Å². The topological polar surface area (TPSA) is 74.6 Å². The number of hydrogen-bond donors (Lipinski definition) is 2. The minimum Gasteiger partial charge on any atom is -0.481 e. The van der Waals surface area contributed by atoms with Crippen LogP contribution >= 0.6 is 0 Å². The SMILES string of the molecule is O=C(O)C=CCCCCCCC(=O)O. The normalized spacial score (nSPS) is 10.6. The zero-order valence-corrected chi connectivity index (χ0v) is 8.11. The second kappa shape index (κ2) is 8.29. The Bertz CT molecular complexity index is 208. The van der Waals surface area contributed by atoms with Gasteiger partial charge in [-0.25, -0.2) is 4.79 Å². The van der Waals surface area contributed by atoms with E-state index in [2.05, 4.69) is 0 Å². The van der Waals surface area contributed by atoms with Gasteiger partial charge >= 0.3 is 11.9 Å². The van der Waals surface area contributed by atoms with E-state index in [-0.39, 0.29) is 6.42 Å². The maximum atomic E-state index is 10.1. The van der Waals surface area contributed by atoms with Crippen molar-refractivity contribution in [2.45, 2.75) is 38.5 Å². The largest absolute Gasteiger partial charge is 0.481 e. The van der Waals surface area contributed by atoms with E-state index in [0.29, 0.717) is 6.42 Å². The van der Waals surface area contributed by atoms with Crippen molar-refractivity contribution in [3.05, 3.63) is 12.2 Å². The number of rotatable bonds is 8. The molecule has 0 aliphatic carbocycles. The van der Waals surface area contributed by atoms with Gasteiger partial charge in [-0.3, -0.25) is 4.79 Å². The van der Waals surface area contributed by atoms with Gasteiger partial charge in [-0.05, 0) is 19.3 Å². The minimum atomic E-state index is -0.920. The number of aliphatic carboxylic acids is 2. The van der Waals surface area contributed by atoms with Crippen molar-refractivity contribution in [2.24, 2.45) is 0 Å². The molecular formula is C10H16O4. The summed E-state index contributed by atoms with van der Waals surface area (Å²) in [6, 6.07) is 0. The Hall–Kier alpha value is -1.32. The standard InChI is InChI=1S/C10H16O4/c11-9(12)7-5-3-1-2-4-6-8-10(13)14/h5,7H,1-4,6,8H2,(H,11,12)(H,13,14). The number of carboxylic acid groups (broad SMARTS) is 2. The molecule has 0 atom stereocenters. The molecule has 4 heteroatoms. The van der Waals surface area contributed by atoms with E-state index in [1.54, 1.807) is 6.08 Å². The van der Waals surface area contributed by atoms with E-state index in [1.165, 1.54) is 0 Å². The van der Waals surface area contributed by atoms with Gasteiger partial charge in [0.05, 0.1) is 0 Å². The second-order valence-electron chi connectivity index (χ2n) is 3.09. The molecule has 0 amide bonds. The van der Waals surface area contributed by atoms with E-state index in [9.17, 15) is 9.59 Å². The average molecular weight is 200 g/mol. The highest BCUT2D eigenvalue weighted by Crippen LogP contribution is 2.05. The molecule has 0 saturated heterocycles. The predicted molar refractivity (Wildman–Crippen MR) is 52.1 cm³/mol. The van der Waals surface area contributed by atoms with Crippen molar-refractivity contribution in [1.82, 2.24) is 0 Å². The monoisotopic (exact) mass is 200 g/mol. The van der Waals surface area contributed by atoms with Crippen LogP contribution in [0, 0.1) is 0 Å². The number of carboxylic acids is 2. The van der Waals surface area contributed by atoms with Crippen molar-refractivity contribution < 1.29 is 19.8 Å². The Labute approximate surface area is 83.2 Å². The van der Waals surface area contributed by atoms with Crippen LogP contribution in [0.1, 0.15) is 38.5 Å². The molecule has 0 aromatic heterocycles. The molecule has 0 heterocycles. The van der Waals surface area contributed by atoms with E-state index in [0.717, 1.165) is 31.8 Å². The lowest BCUT2D eigenvalue weighted by Crippen LogP contribution is -1.93. The Morgan fingerprint density at radius 3 is 2.21 bits per heavy atom. The van der Waals surface area contributed by atoms with Crippen LogP contribution in [0.4, 0.5) is 0 Å². The minimum absolute atomic E-state index is 0.227. The van der Waals surface area contributed by atoms with Gasteiger partial charge < -0.3 is 10.2 Å². The molecule has 2 N–H and O–H groups in total. The Morgan fingerprint density at radius 2 is 1.64 bits per heavy atom. The first-order valence-electron chi connectivity index (χ1n) is 4.74. The summed E-state index contributed by atoms with van der Waals surface area (Å²) in [5, 5.41) is 16.6. The molecule has 80 valence electrons. The maximum Gasteiger partial charge on any atom is 0.327 e. The van der Waals surface area contributed by atoms with Crippen LogP contribution in [0.25, 0.3) is 0 Å². The average Bonchev–Trinajstić information content (AvgIpc) is 2.08. The molecule has 0 rings (SSSR count). The summed E-state index contributed by atoms with van der Waals surface area (Å²) >= 11 is 0. The summed E-state index contributed by atoms with van der Waals surface area (Å²) in [4.78, 5) is 20.2. The molecule has 0 unspecified atom stereocenters. The van der Waals surface area contributed by atoms with Crippen molar-refractivity contribution in [3.63, 3.8) is 0 Å². The zero-order valence-electron chi connectivity index (χ0n) is 8.11. The van der Waals surface area contributed by atoms with Gasteiger partial charge in [-0.1, -0.05) is 18.9 Å². The highest BCUT2D eigenvalue weighted by atomic mass is 16.4. The lowest BCUT2D eigenvalue weighted by atomic mass is 10.1. The molecule has 0 aliphatic heterocycles. The number of allylic oxidation sites excluding steroid dienone is 1. The quantitative estimate of drug-likeness (QED) is 0.464. The van der Waals surface area contributed by atoms with Crippen molar-refractivity contribution >= 4 is 11.9 Å². The van der Waals surface area contributed by atoms with Gasteiger partial charge in [-0.15, -0.1) is 0 Å². The summed E-state index contributed by atoms with van der Waals surface area (Å²) in [5.74, 6) is -1.67. The van der Waals surface area contributed by atoms with Gasteiger partial charge in [0, 0.05) is 12.5 Å². The summed E-state index contributed by atoms with van der Waals surface area (Å²) in [6.07, 6.45) is 7.22. The zero-order chi connectivity index (χ0) is 10.8. The van der Waals surface area contributed by atoms with Crippen LogP contribution in [-0.2, 0) is 9.59 Å². The first-order valence-corrected chi connectivity index (χ1v) is 4.74. The Balaban J connectivity index is 3.14. The molecule has 0 aliphatic rings. The first-order chi connectivity index (χ1) is 6.63. The van der Waals surface area contributed by atoms with Gasteiger partial charge in [0.2, 0.25) is 0 Å². The molecule has 0 fully saturated rings. The molecule has 4 nitrogen and oxygen atoms in total. The summed E-state index contributed by atoms with van der Waals surface area (Å²) < 4.78 is 0. The molecule has 0 saturated carbocycles. The molecule has 14 heavy (non-hydrogen) atoms. The van der Waals surface area contributed by atoms with Crippen LogP contribution in [-0.4, -0.2) is 22.2 Å². The fourth-order valence-electron chi connectivity index (χ4n) is 1.08. The van der Waals surface area contributed by atoms with E-state index >= 15 is 0 Å². The number of unbranched alkanes of at least 4 members (excludes halogenated alkanes) is 4. The van der Waals surface area contributed by atoms with Crippen molar-refractivity contribution in [1.29, 1.82) is 0 Å². The van der Waals surface area contributed by atoms with Crippen molar-refractivity contribution in [2.75, 3.05) is 0 Å². The Kier molecular flexibility index (Phi) is 7.50. The van der Waals surface area contributed by atoms with Crippen LogP contribution in [0.2, 0.25) is 0 Å². The number of hydrogen-bond acceptors (Lipinski definition) is 2. The first kappa shape index (κ1) is 12.7. The summed E-state index contributed by atoms with van der Waals surface area (Å²) in [7, 11) is 0. The van der Waals surface area contributed by atoms with Gasteiger partial charge in [0.15, 0.2) is 0 Å². The molecule has 0 radical (unpaired) electrons.